The van der Waals surface area contributed by atoms with Crippen LogP contribution < -0.4 is 10.2 Å². The summed E-state index contributed by atoms with van der Waals surface area (Å²) in [6.07, 6.45) is -3.76. The number of sulfonamides is 1. The van der Waals surface area contributed by atoms with E-state index in [0.717, 1.165) is 35.5 Å². The van der Waals surface area contributed by atoms with Gasteiger partial charge in [0.15, 0.2) is 0 Å². The molecule has 0 aromatic heterocycles. The van der Waals surface area contributed by atoms with Gasteiger partial charge in [-0.25, -0.2) is 14.1 Å². The minimum Gasteiger partial charge on any atom is -0.368 e. The summed E-state index contributed by atoms with van der Waals surface area (Å²) in [5.41, 5.74) is -2.91. The van der Waals surface area contributed by atoms with Crippen LogP contribution in [0.15, 0.2) is 70.0 Å². The number of anilines is 3. The van der Waals surface area contributed by atoms with Crippen molar-refractivity contribution in [3.05, 3.63) is 83.2 Å². The standard InChI is InChI=1S/C29H26F4N6O4S/c1-28(2)26(40)39(22-10-6-18(15-34)24(14-22)29(31,32)33)27(41)38(28)16-19-5-7-20(30)13-25(19)36-21-8-11-23(12-9-21)44(42,43)35-17-37(3)4/h5-14,17,36H,16H2,1-4H3/b35-17+. The second-order valence-corrected chi connectivity index (χ2v) is 12.2. The number of hydrogen-bond donors (Lipinski definition) is 1. The maximum Gasteiger partial charge on any atom is 0.417 e. The monoisotopic (exact) mass is 630 g/mol. The van der Waals surface area contributed by atoms with E-state index in [9.17, 15) is 35.6 Å². The molecule has 10 nitrogen and oxygen atoms in total. The number of rotatable bonds is 8. The fourth-order valence-corrected chi connectivity index (χ4v) is 5.30. The molecule has 0 atom stereocenters. The van der Waals surface area contributed by atoms with Crippen LogP contribution in [-0.2, 0) is 27.5 Å². The summed E-state index contributed by atoms with van der Waals surface area (Å²) in [7, 11) is -0.733. The quantitative estimate of drug-likeness (QED) is 0.151. The molecule has 1 aliphatic heterocycles. The van der Waals surface area contributed by atoms with Gasteiger partial charge in [-0.1, -0.05) is 6.07 Å². The molecular weight excluding hydrogens is 604 g/mol. The Kier molecular flexibility index (Phi) is 8.43. The van der Waals surface area contributed by atoms with E-state index in [1.807, 2.05) is 0 Å². The summed E-state index contributed by atoms with van der Waals surface area (Å²) in [5.74, 6) is -1.43. The van der Waals surface area contributed by atoms with Crippen molar-refractivity contribution in [2.45, 2.75) is 37.0 Å². The first-order valence-electron chi connectivity index (χ1n) is 12.9. The third kappa shape index (κ3) is 6.35. The van der Waals surface area contributed by atoms with Gasteiger partial charge in [0.05, 0.1) is 34.3 Å². The van der Waals surface area contributed by atoms with E-state index in [1.54, 1.807) is 14.1 Å². The molecule has 4 rings (SSSR count). The van der Waals surface area contributed by atoms with Gasteiger partial charge in [0.1, 0.15) is 17.7 Å². The van der Waals surface area contributed by atoms with Crippen LogP contribution >= 0.6 is 0 Å². The lowest BCUT2D eigenvalue weighted by atomic mass is 10.0. The number of carbonyl (C=O) groups is 2. The Balaban J connectivity index is 1.64. The average molecular weight is 631 g/mol. The van der Waals surface area contributed by atoms with Crippen molar-refractivity contribution in [1.82, 2.24) is 9.80 Å². The van der Waals surface area contributed by atoms with Crippen molar-refractivity contribution >= 4 is 45.4 Å². The molecule has 0 unspecified atom stereocenters. The Bertz CT molecular complexity index is 1800. The highest BCUT2D eigenvalue weighted by atomic mass is 32.2. The van der Waals surface area contributed by atoms with Gasteiger partial charge in [-0.3, -0.25) is 4.79 Å². The lowest BCUT2D eigenvalue weighted by molar-refractivity contribution is -0.137. The molecule has 0 aliphatic carbocycles. The van der Waals surface area contributed by atoms with E-state index in [-0.39, 0.29) is 22.8 Å². The van der Waals surface area contributed by atoms with Gasteiger partial charge in [-0.2, -0.15) is 26.9 Å². The third-order valence-electron chi connectivity index (χ3n) is 6.76. The number of carbonyl (C=O) groups excluding carboxylic acids is 2. The molecule has 1 saturated heterocycles. The molecule has 1 heterocycles. The van der Waals surface area contributed by atoms with Gasteiger partial charge in [0.2, 0.25) is 0 Å². The minimum atomic E-state index is -4.90. The first kappa shape index (κ1) is 32.0. The number of alkyl halides is 3. The van der Waals surface area contributed by atoms with Crippen LogP contribution in [0.1, 0.15) is 30.5 Å². The molecule has 0 bridgehead atoms. The van der Waals surface area contributed by atoms with Crippen molar-refractivity contribution in [3.63, 3.8) is 0 Å². The molecule has 1 aliphatic rings. The van der Waals surface area contributed by atoms with E-state index in [4.69, 9.17) is 5.26 Å². The second kappa shape index (κ2) is 11.6. The van der Waals surface area contributed by atoms with E-state index in [0.29, 0.717) is 22.2 Å². The van der Waals surface area contributed by atoms with Crippen LogP contribution in [-0.4, -0.2) is 56.1 Å². The molecule has 3 amide bonds. The summed E-state index contributed by atoms with van der Waals surface area (Å²) in [4.78, 5) is 30.0. The second-order valence-electron chi connectivity index (χ2n) is 10.5. The van der Waals surface area contributed by atoms with Crippen molar-refractivity contribution in [2.75, 3.05) is 24.3 Å². The summed E-state index contributed by atoms with van der Waals surface area (Å²) in [5, 5.41) is 12.1. The SMILES string of the molecule is CN(C)/C=N/S(=O)(=O)c1ccc(Nc2cc(F)ccc2CN2C(=O)N(c3ccc(C#N)c(C(F)(F)F)c3)C(=O)C2(C)C)cc1. The smallest absolute Gasteiger partial charge is 0.368 e. The molecule has 0 radical (unpaired) electrons. The van der Waals surface area contributed by atoms with Crippen LogP contribution in [0, 0.1) is 17.1 Å². The molecule has 1 fully saturated rings. The fraction of sp³-hybridized carbons (Fsp3) is 0.241. The highest BCUT2D eigenvalue weighted by Gasteiger charge is 2.52. The zero-order valence-corrected chi connectivity index (χ0v) is 24.7. The first-order valence-corrected chi connectivity index (χ1v) is 14.3. The van der Waals surface area contributed by atoms with Crippen molar-refractivity contribution in [2.24, 2.45) is 4.40 Å². The fourth-order valence-electron chi connectivity index (χ4n) is 4.39. The highest BCUT2D eigenvalue weighted by molar-refractivity contribution is 7.90. The lowest BCUT2D eigenvalue weighted by Crippen LogP contribution is -2.43. The number of benzene rings is 3. The number of nitrogens with one attached hydrogen (secondary N) is 1. The van der Waals surface area contributed by atoms with Gasteiger partial charge in [-0.05, 0) is 74.0 Å². The van der Waals surface area contributed by atoms with Crippen LogP contribution in [0.3, 0.4) is 0 Å². The molecule has 0 spiro atoms. The largest absolute Gasteiger partial charge is 0.417 e. The zero-order valence-electron chi connectivity index (χ0n) is 23.8. The van der Waals surface area contributed by atoms with E-state index >= 15 is 0 Å². The topological polar surface area (TPSA) is 126 Å². The first-order chi connectivity index (χ1) is 20.5. The van der Waals surface area contributed by atoms with Gasteiger partial charge in [-0.15, -0.1) is 4.40 Å². The molecule has 15 heteroatoms. The maximum atomic E-state index is 14.3. The van der Waals surface area contributed by atoms with Gasteiger partial charge in [0.25, 0.3) is 15.9 Å². The third-order valence-corrected chi connectivity index (χ3v) is 8.00. The Hall–Kier alpha value is -4.97. The number of halogens is 4. The Morgan fingerprint density at radius 2 is 1.70 bits per heavy atom. The Morgan fingerprint density at radius 3 is 2.30 bits per heavy atom. The van der Waals surface area contributed by atoms with Crippen LogP contribution in [0.5, 0.6) is 0 Å². The van der Waals surface area contributed by atoms with Crippen LogP contribution in [0.2, 0.25) is 0 Å². The number of imide groups is 1. The highest BCUT2D eigenvalue weighted by Crippen LogP contribution is 2.39. The lowest BCUT2D eigenvalue weighted by Gasteiger charge is -2.28. The summed E-state index contributed by atoms with van der Waals surface area (Å²) in [6.45, 7) is 2.61. The Morgan fingerprint density at radius 1 is 1.05 bits per heavy atom. The minimum absolute atomic E-state index is 0.0832. The molecule has 230 valence electrons. The van der Waals surface area contributed by atoms with Crippen molar-refractivity contribution in [1.29, 1.82) is 5.26 Å². The van der Waals surface area contributed by atoms with E-state index in [1.165, 1.54) is 55.1 Å². The zero-order chi connectivity index (χ0) is 32.6. The van der Waals surface area contributed by atoms with Gasteiger partial charge in [0, 0.05) is 25.5 Å². The van der Waals surface area contributed by atoms with Crippen molar-refractivity contribution < 1.29 is 35.6 Å². The number of amides is 3. The predicted molar refractivity (Wildman–Crippen MR) is 154 cm³/mol. The number of urea groups is 1. The van der Waals surface area contributed by atoms with Gasteiger partial charge < -0.3 is 15.1 Å². The number of nitrogens with zero attached hydrogens (tertiary/aromatic N) is 5. The molecular formula is C29H26F4N6O4S. The van der Waals surface area contributed by atoms with Crippen molar-refractivity contribution in [3.8, 4) is 6.07 Å². The van der Waals surface area contributed by atoms with E-state index in [2.05, 4.69) is 9.71 Å². The average Bonchev–Trinajstić information content (AvgIpc) is 3.11. The van der Waals surface area contributed by atoms with Crippen LogP contribution in [0.25, 0.3) is 0 Å². The molecule has 0 saturated carbocycles. The molecule has 3 aromatic carbocycles. The Labute approximate surface area is 250 Å². The maximum absolute atomic E-state index is 14.3. The molecule has 1 N–H and O–H groups in total. The number of nitriles is 1. The van der Waals surface area contributed by atoms with E-state index < -0.39 is 50.6 Å². The number of hydrogen-bond acceptors (Lipinski definition) is 6. The van der Waals surface area contributed by atoms with Crippen LogP contribution in [0.4, 0.5) is 39.4 Å². The summed E-state index contributed by atoms with van der Waals surface area (Å²) >= 11 is 0. The molecule has 44 heavy (non-hydrogen) atoms. The van der Waals surface area contributed by atoms with Gasteiger partial charge >= 0.3 is 12.2 Å². The normalized spacial score (nSPS) is 15.2. The summed E-state index contributed by atoms with van der Waals surface area (Å²) in [6, 6.07) is 12.2. The predicted octanol–water partition coefficient (Wildman–Crippen LogP) is 5.49. The summed E-state index contributed by atoms with van der Waals surface area (Å²) < 4.78 is 83.5. The molecule has 3 aromatic rings.